The van der Waals surface area contributed by atoms with Crippen molar-refractivity contribution < 1.29 is 13.2 Å². The highest BCUT2D eigenvalue weighted by Crippen LogP contribution is 2.41. The van der Waals surface area contributed by atoms with E-state index in [1.807, 2.05) is 0 Å². The van der Waals surface area contributed by atoms with Crippen LogP contribution in [0.15, 0.2) is 23.1 Å². The highest BCUT2D eigenvalue weighted by atomic mass is 35.5. The molecule has 0 N–H and O–H groups in total. The van der Waals surface area contributed by atoms with Crippen LogP contribution in [-0.4, -0.2) is 5.51 Å². The Labute approximate surface area is 87.0 Å². The van der Waals surface area contributed by atoms with Gasteiger partial charge in [-0.2, -0.15) is 13.2 Å². The van der Waals surface area contributed by atoms with Crippen molar-refractivity contribution in [3.05, 3.63) is 28.2 Å². The summed E-state index contributed by atoms with van der Waals surface area (Å²) < 4.78 is 35.7. The Balaban J connectivity index is 2.94. The van der Waals surface area contributed by atoms with Gasteiger partial charge in [0.15, 0.2) is 0 Å². The lowest BCUT2D eigenvalue weighted by molar-refractivity contribution is -0.0328. The molecule has 0 saturated carbocycles. The maximum absolute atomic E-state index is 11.9. The van der Waals surface area contributed by atoms with Crippen LogP contribution in [0.25, 0.3) is 0 Å². The van der Waals surface area contributed by atoms with Crippen LogP contribution in [0.5, 0.6) is 0 Å². The van der Waals surface area contributed by atoms with E-state index >= 15 is 0 Å². The smallest absolute Gasteiger partial charge is 0.160 e. The summed E-state index contributed by atoms with van der Waals surface area (Å²) in [5.74, 6) is 0. The average Bonchev–Trinajstić information content (AvgIpc) is 1.94. The molecule has 0 bridgehead atoms. The van der Waals surface area contributed by atoms with E-state index in [0.29, 0.717) is 0 Å². The Morgan fingerprint density at radius 1 is 1.15 bits per heavy atom. The quantitative estimate of drug-likeness (QED) is 0.653. The maximum atomic E-state index is 11.9. The molecule has 0 aliphatic carbocycles. The van der Waals surface area contributed by atoms with Gasteiger partial charge in [-0.25, -0.2) is 0 Å². The van der Waals surface area contributed by atoms with Gasteiger partial charge in [-0.3, -0.25) is 0 Å². The largest absolute Gasteiger partial charge is 0.446 e. The lowest BCUT2D eigenvalue weighted by atomic mass is 10.4. The zero-order chi connectivity index (χ0) is 10.1. The zero-order valence-electron chi connectivity index (χ0n) is 6.03. The number of halogens is 5. The Bertz CT molecular complexity index is 311. The van der Waals surface area contributed by atoms with Gasteiger partial charge < -0.3 is 0 Å². The zero-order valence-corrected chi connectivity index (χ0v) is 8.36. The van der Waals surface area contributed by atoms with E-state index < -0.39 is 5.51 Å². The molecule has 0 unspecified atom stereocenters. The fourth-order valence-electron chi connectivity index (χ4n) is 0.680. The van der Waals surface area contributed by atoms with E-state index in [1.54, 1.807) is 0 Å². The second-order valence-electron chi connectivity index (χ2n) is 2.12. The van der Waals surface area contributed by atoms with Gasteiger partial charge in [-0.1, -0.05) is 23.2 Å². The molecule has 6 heteroatoms. The number of benzene rings is 1. The standard InChI is InChI=1S/C7H3Cl2F3S/c8-4-1-2-5(9)6(3-4)13-7(10,11)12/h1-3H. The first-order valence-electron chi connectivity index (χ1n) is 3.09. The van der Waals surface area contributed by atoms with Crippen LogP contribution in [0, 0.1) is 0 Å². The molecule has 1 aromatic carbocycles. The second kappa shape index (κ2) is 3.98. The van der Waals surface area contributed by atoms with Crippen LogP contribution in [0.3, 0.4) is 0 Å². The van der Waals surface area contributed by atoms with Crippen molar-refractivity contribution in [3.8, 4) is 0 Å². The van der Waals surface area contributed by atoms with Gasteiger partial charge in [0.2, 0.25) is 0 Å². The number of alkyl halides is 3. The van der Waals surface area contributed by atoms with Crippen molar-refractivity contribution in [3.63, 3.8) is 0 Å². The molecule has 0 aromatic heterocycles. The highest BCUT2D eigenvalue weighted by molar-refractivity contribution is 8.00. The van der Waals surface area contributed by atoms with E-state index in [1.165, 1.54) is 18.2 Å². The Kier molecular flexibility index (Phi) is 3.38. The van der Waals surface area contributed by atoms with Crippen LogP contribution in [-0.2, 0) is 0 Å². The summed E-state index contributed by atoms with van der Waals surface area (Å²) in [5, 5.41) is 0.280. The van der Waals surface area contributed by atoms with Crippen molar-refractivity contribution in [1.82, 2.24) is 0 Å². The normalized spacial score (nSPS) is 11.8. The molecule has 0 aliphatic rings. The van der Waals surface area contributed by atoms with E-state index in [2.05, 4.69) is 0 Å². The van der Waals surface area contributed by atoms with Crippen LogP contribution in [0.4, 0.5) is 13.2 Å². The predicted octanol–water partition coefficient (Wildman–Crippen LogP) is 4.61. The van der Waals surface area contributed by atoms with Gasteiger partial charge in [-0.15, -0.1) is 0 Å². The predicted molar refractivity (Wildman–Crippen MR) is 48.4 cm³/mol. The molecule has 0 amide bonds. The SMILES string of the molecule is FC(F)(F)Sc1cc(Cl)ccc1Cl. The van der Waals surface area contributed by atoms with Crippen LogP contribution >= 0.6 is 35.0 Å². The van der Waals surface area contributed by atoms with Gasteiger partial charge in [-0.05, 0) is 30.0 Å². The molecule has 0 atom stereocenters. The summed E-state index contributed by atoms with van der Waals surface area (Å²) in [4.78, 5) is -0.0818. The third-order valence-corrected chi connectivity index (χ3v) is 2.58. The summed E-state index contributed by atoms with van der Waals surface area (Å²) >= 11 is 10.8. The second-order valence-corrected chi connectivity index (χ2v) is 4.07. The number of thioether (sulfide) groups is 1. The van der Waals surface area contributed by atoms with Gasteiger partial charge >= 0.3 is 5.51 Å². The van der Waals surface area contributed by atoms with E-state index in [4.69, 9.17) is 23.2 Å². The molecule has 0 nitrogen and oxygen atoms in total. The third-order valence-electron chi connectivity index (χ3n) is 1.12. The monoisotopic (exact) mass is 246 g/mol. The highest BCUT2D eigenvalue weighted by Gasteiger charge is 2.30. The molecule has 0 radical (unpaired) electrons. The Hall–Kier alpha value is -0.0600. The first-order valence-corrected chi connectivity index (χ1v) is 4.66. The van der Waals surface area contributed by atoms with Gasteiger partial charge in [0.1, 0.15) is 0 Å². The Morgan fingerprint density at radius 2 is 1.77 bits per heavy atom. The van der Waals surface area contributed by atoms with Crippen molar-refractivity contribution in [2.75, 3.05) is 0 Å². The van der Waals surface area contributed by atoms with Gasteiger partial charge in [0, 0.05) is 9.92 Å². The number of rotatable bonds is 1. The van der Waals surface area contributed by atoms with Crippen LogP contribution in [0.1, 0.15) is 0 Å². The summed E-state index contributed by atoms with van der Waals surface area (Å²) in [5.41, 5.74) is -4.34. The molecule has 0 aliphatic heterocycles. The average molecular weight is 247 g/mol. The van der Waals surface area contributed by atoms with E-state index in [0.717, 1.165) is 0 Å². The molecule has 1 aromatic rings. The molecule has 13 heavy (non-hydrogen) atoms. The minimum atomic E-state index is -4.34. The molecule has 0 fully saturated rings. The molecular weight excluding hydrogens is 244 g/mol. The third kappa shape index (κ3) is 3.67. The van der Waals surface area contributed by atoms with Crippen LogP contribution in [0.2, 0.25) is 10.0 Å². The van der Waals surface area contributed by atoms with Crippen molar-refractivity contribution in [2.45, 2.75) is 10.4 Å². The Morgan fingerprint density at radius 3 is 2.31 bits per heavy atom. The molecule has 72 valence electrons. The van der Waals surface area contributed by atoms with Crippen LogP contribution < -0.4 is 0 Å². The molecule has 0 spiro atoms. The first-order chi connectivity index (χ1) is 5.88. The fourth-order valence-corrected chi connectivity index (χ4v) is 1.75. The summed E-state index contributed by atoms with van der Waals surface area (Å²) in [7, 11) is 0. The number of hydrogen-bond donors (Lipinski definition) is 0. The lowest BCUT2D eigenvalue weighted by Crippen LogP contribution is -1.99. The van der Waals surface area contributed by atoms with Gasteiger partial charge in [0.25, 0.3) is 0 Å². The summed E-state index contributed by atoms with van der Waals surface area (Å²) in [6.07, 6.45) is 0. The number of hydrogen-bond acceptors (Lipinski definition) is 1. The minimum Gasteiger partial charge on any atom is -0.160 e. The maximum Gasteiger partial charge on any atom is 0.446 e. The summed E-state index contributed by atoms with van der Waals surface area (Å²) in [6.45, 7) is 0. The van der Waals surface area contributed by atoms with Crippen molar-refractivity contribution in [2.24, 2.45) is 0 Å². The topological polar surface area (TPSA) is 0 Å². The summed E-state index contributed by atoms with van der Waals surface area (Å²) in [6, 6.07) is 3.95. The molecule has 1 rings (SSSR count). The fraction of sp³-hybridized carbons (Fsp3) is 0.143. The molecule has 0 saturated heterocycles. The van der Waals surface area contributed by atoms with Gasteiger partial charge in [0.05, 0.1) is 5.02 Å². The lowest BCUT2D eigenvalue weighted by Gasteiger charge is -2.06. The van der Waals surface area contributed by atoms with Crippen molar-refractivity contribution >= 4 is 35.0 Å². The van der Waals surface area contributed by atoms with E-state index in [9.17, 15) is 13.2 Å². The minimum absolute atomic E-state index is 0.0479. The molecular formula is C7H3Cl2F3S. The van der Waals surface area contributed by atoms with E-state index in [-0.39, 0.29) is 26.7 Å². The van der Waals surface area contributed by atoms with Crippen molar-refractivity contribution in [1.29, 1.82) is 0 Å². The molecule has 0 heterocycles. The first kappa shape index (κ1) is 11.0.